The zero-order valence-corrected chi connectivity index (χ0v) is 17.6. The molecule has 0 atom stereocenters. The van der Waals surface area contributed by atoms with Crippen molar-refractivity contribution < 1.29 is 0 Å². The predicted octanol–water partition coefficient (Wildman–Crippen LogP) is 6.02. The molecular formula is C24H25ClN4. The first-order valence-electron chi connectivity index (χ1n) is 10.3. The largest absolute Gasteiger partial charge is 0.378 e. The highest BCUT2D eigenvalue weighted by atomic mass is 35.5. The second-order valence-corrected chi connectivity index (χ2v) is 8.43. The first-order valence-corrected chi connectivity index (χ1v) is 10.6. The molecule has 0 spiro atoms. The maximum atomic E-state index is 6.09. The number of halogens is 1. The molecule has 0 saturated heterocycles. The van der Waals surface area contributed by atoms with Gasteiger partial charge in [0, 0.05) is 34.6 Å². The SMILES string of the molecule is Cc1ccc(NCc2nn3cc(-c4ccc(Cl)cc4)c4c3n2CCCC4)c(C)c1. The van der Waals surface area contributed by atoms with E-state index in [1.165, 1.54) is 52.0 Å². The van der Waals surface area contributed by atoms with E-state index in [9.17, 15) is 0 Å². The molecule has 4 aromatic rings. The molecule has 0 unspecified atom stereocenters. The van der Waals surface area contributed by atoms with Crippen LogP contribution in [0.3, 0.4) is 0 Å². The van der Waals surface area contributed by atoms with Crippen LogP contribution in [0.5, 0.6) is 0 Å². The summed E-state index contributed by atoms with van der Waals surface area (Å²) in [6.45, 7) is 6.02. The second-order valence-electron chi connectivity index (χ2n) is 7.99. The number of rotatable bonds is 4. The molecule has 0 aliphatic carbocycles. The lowest BCUT2D eigenvalue weighted by molar-refractivity contribution is 0.619. The lowest BCUT2D eigenvalue weighted by atomic mass is 10.0. The Hall–Kier alpha value is -2.72. The summed E-state index contributed by atoms with van der Waals surface area (Å²) >= 11 is 6.09. The Balaban J connectivity index is 1.52. The maximum Gasteiger partial charge on any atom is 0.150 e. The molecule has 29 heavy (non-hydrogen) atoms. The lowest BCUT2D eigenvalue weighted by Gasteiger charge is -2.11. The minimum atomic E-state index is 0.724. The normalized spacial score (nSPS) is 13.6. The third kappa shape index (κ3) is 3.32. The molecule has 1 N–H and O–H groups in total. The fourth-order valence-corrected chi connectivity index (χ4v) is 4.56. The average Bonchev–Trinajstić information content (AvgIpc) is 3.11. The van der Waals surface area contributed by atoms with Crippen molar-refractivity contribution in [3.63, 3.8) is 0 Å². The van der Waals surface area contributed by atoms with E-state index in [0.717, 1.165) is 30.4 Å². The fraction of sp³-hybridized carbons (Fsp3) is 0.292. The van der Waals surface area contributed by atoms with Crippen molar-refractivity contribution in [1.82, 2.24) is 14.2 Å². The van der Waals surface area contributed by atoms with E-state index >= 15 is 0 Å². The van der Waals surface area contributed by atoms with Crippen LogP contribution >= 0.6 is 11.6 Å². The van der Waals surface area contributed by atoms with Gasteiger partial charge in [-0.25, -0.2) is 4.52 Å². The van der Waals surface area contributed by atoms with Crippen LogP contribution in [0.1, 0.15) is 35.4 Å². The van der Waals surface area contributed by atoms with Gasteiger partial charge in [-0.15, -0.1) is 0 Å². The molecule has 1 aliphatic rings. The van der Waals surface area contributed by atoms with E-state index in [1.807, 2.05) is 12.1 Å². The van der Waals surface area contributed by atoms with Gasteiger partial charge >= 0.3 is 0 Å². The number of benzene rings is 2. The Morgan fingerprint density at radius 1 is 1.07 bits per heavy atom. The Morgan fingerprint density at radius 3 is 2.69 bits per heavy atom. The van der Waals surface area contributed by atoms with Crippen molar-refractivity contribution in [3.8, 4) is 11.1 Å². The third-order valence-corrected chi connectivity index (χ3v) is 6.14. The van der Waals surface area contributed by atoms with Crippen LogP contribution in [0.15, 0.2) is 48.7 Å². The first-order chi connectivity index (χ1) is 14.1. The number of aryl methyl sites for hydroxylation is 4. The summed E-state index contributed by atoms with van der Waals surface area (Å²) in [7, 11) is 0. The van der Waals surface area contributed by atoms with E-state index < -0.39 is 0 Å². The van der Waals surface area contributed by atoms with Crippen LogP contribution in [-0.4, -0.2) is 14.2 Å². The van der Waals surface area contributed by atoms with Crippen LogP contribution < -0.4 is 5.32 Å². The number of hydrogen-bond acceptors (Lipinski definition) is 2. The van der Waals surface area contributed by atoms with Gasteiger partial charge in [-0.3, -0.25) is 0 Å². The van der Waals surface area contributed by atoms with Gasteiger partial charge in [-0.2, -0.15) is 5.10 Å². The van der Waals surface area contributed by atoms with Crippen LogP contribution in [-0.2, 0) is 19.5 Å². The molecule has 0 amide bonds. The Morgan fingerprint density at radius 2 is 1.90 bits per heavy atom. The monoisotopic (exact) mass is 404 g/mol. The maximum absolute atomic E-state index is 6.09. The first kappa shape index (κ1) is 18.3. The molecule has 0 fully saturated rings. The molecule has 3 heterocycles. The highest BCUT2D eigenvalue weighted by Crippen LogP contribution is 2.33. The van der Waals surface area contributed by atoms with Crippen LogP contribution in [0.25, 0.3) is 16.8 Å². The molecule has 0 radical (unpaired) electrons. The van der Waals surface area contributed by atoms with Gasteiger partial charge < -0.3 is 9.88 Å². The third-order valence-electron chi connectivity index (χ3n) is 5.89. The number of nitrogens with one attached hydrogen (secondary N) is 1. The number of aromatic nitrogens is 3. The molecule has 0 saturated carbocycles. The molecule has 5 rings (SSSR count). The summed E-state index contributed by atoms with van der Waals surface area (Å²) in [4.78, 5) is 0. The minimum Gasteiger partial charge on any atom is -0.378 e. The molecule has 4 nitrogen and oxygen atoms in total. The van der Waals surface area contributed by atoms with Gasteiger partial charge in [0.05, 0.1) is 6.54 Å². The highest BCUT2D eigenvalue weighted by molar-refractivity contribution is 6.30. The zero-order valence-electron chi connectivity index (χ0n) is 16.9. The predicted molar refractivity (Wildman–Crippen MR) is 120 cm³/mol. The summed E-state index contributed by atoms with van der Waals surface area (Å²) in [5.41, 5.74) is 8.85. The van der Waals surface area contributed by atoms with Gasteiger partial charge in [-0.1, -0.05) is 41.4 Å². The topological polar surface area (TPSA) is 34.3 Å². The summed E-state index contributed by atoms with van der Waals surface area (Å²) in [6, 6.07) is 14.7. The lowest BCUT2D eigenvalue weighted by Crippen LogP contribution is -2.09. The van der Waals surface area contributed by atoms with Gasteiger partial charge in [0.25, 0.3) is 0 Å². The molecular weight excluding hydrogens is 380 g/mol. The van der Waals surface area contributed by atoms with E-state index in [0.29, 0.717) is 0 Å². The quantitative estimate of drug-likeness (QED) is 0.451. The summed E-state index contributed by atoms with van der Waals surface area (Å²) in [6.07, 6.45) is 5.64. The number of hydrogen-bond donors (Lipinski definition) is 1. The van der Waals surface area contributed by atoms with Crippen molar-refractivity contribution in [2.75, 3.05) is 5.32 Å². The fourth-order valence-electron chi connectivity index (χ4n) is 4.43. The van der Waals surface area contributed by atoms with Gasteiger partial charge in [0.2, 0.25) is 0 Å². The van der Waals surface area contributed by atoms with E-state index in [1.54, 1.807) is 0 Å². The van der Waals surface area contributed by atoms with Crippen molar-refractivity contribution in [2.45, 2.75) is 46.2 Å². The molecule has 148 valence electrons. The summed E-state index contributed by atoms with van der Waals surface area (Å²) < 4.78 is 4.47. The molecule has 2 aromatic carbocycles. The Labute approximate surface area is 176 Å². The second kappa shape index (κ2) is 7.27. The van der Waals surface area contributed by atoms with E-state index in [2.05, 4.69) is 64.8 Å². The molecule has 2 aromatic heterocycles. The Bertz CT molecular complexity index is 1180. The number of anilines is 1. The van der Waals surface area contributed by atoms with Crippen LogP contribution in [0, 0.1) is 13.8 Å². The van der Waals surface area contributed by atoms with Crippen molar-refractivity contribution in [2.24, 2.45) is 0 Å². The van der Waals surface area contributed by atoms with Crippen LogP contribution in [0.2, 0.25) is 5.02 Å². The smallest absolute Gasteiger partial charge is 0.150 e. The molecule has 5 heteroatoms. The molecule has 1 aliphatic heterocycles. The Kier molecular flexibility index (Phi) is 4.59. The van der Waals surface area contributed by atoms with Gasteiger partial charge in [0.1, 0.15) is 5.65 Å². The van der Waals surface area contributed by atoms with Crippen molar-refractivity contribution >= 4 is 22.9 Å². The van der Waals surface area contributed by atoms with Gasteiger partial charge in [-0.05, 0) is 62.4 Å². The average molecular weight is 405 g/mol. The summed E-state index contributed by atoms with van der Waals surface area (Å²) in [5, 5.41) is 9.30. The summed E-state index contributed by atoms with van der Waals surface area (Å²) in [5.74, 6) is 1.09. The van der Waals surface area contributed by atoms with E-state index in [4.69, 9.17) is 16.7 Å². The minimum absolute atomic E-state index is 0.724. The highest BCUT2D eigenvalue weighted by Gasteiger charge is 2.22. The van der Waals surface area contributed by atoms with Crippen molar-refractivity contribution in [3.05, 3.63) is 76.2 Å². The van der Waals surface area contributed by atoms with E-state index in [-0.39, 0.29) is 0 Å². The number of nitrogens with zero attached hydrogens (tertiary/aromatic N) is 3. The molecule has 0 bridgehead atoms. The van der Waals surface area contributed by atoms with Gasteiger partial charge in [0.15, 0.2) is 5.82 Å². The standard InChI is InChI=1S/C24H25ClN4/c1-16-6-11-22(17(2)13-16)26-14-23-27-29-15-21(18-7-9-19(25)10-8-18)20-5-3-4-12-28(23)24(20)29/h6-11,13,15,26H,3-5,12,14H2,1-2H3. The van der Waals surface area contributed by atoms with Crippen molar-refractivity contribution in [1.29, 1.82) is 0 Å². The zero-order chi connectivity index (χ0) is 20.0. The van der Waals surface area contributed by atoms with Crippen LogP contribution in [0.4, 0.5) is 5.69 Å².